The van der Waals surface area contributed by atoms with Crippen molar-refractivity contribution in [2.75, 3.05) is 39.8 Å². The number of hydroxylamine groups is 6. The van der Waals surface area contributed by atoms with Crippen LogP contribution in [0.5, 0.6) is 0 Å². The summed E-state index contributed by atoms with van der Waals surface area (Å²) in [4.78, 5) is 54.6. The molecule has 4 heterocycles. The molecule has 0 amide bonds. The molecular formula is C24H42N6O6. The normalized spacial score (nSPS) is 22.2. The molecule has 3 fully saturated rings. The lowest BCUT2D eigenvalue weighted by molar-refractivity contribution is 0.197. The molecule has 4 rings (SSSR count). The molecule has 3 unspecified atom stereocenters. The van der Waals surface area contributed by atoms with Gasteiger partial charge in [-0.1, -0.05) is 38.5 Å². The highest BCUT2D eigenvalue weighted by molar-refractivity contribution is 4.79. The number of rotatable bonds is 21. The molecule has 36 heavy (non-hydrogen) atoms. The van der Waals surface area contributed by atoms with Crippen molar-refractivity contribution < 1.29 is 14.5 Å². The summed E-state index contributed by atoms with van der Waals surface area (Å²) in [5, 5.41) is 5.73. The molecule has 3 atom stereocenters. The summed E-state index contributed by atoms with van der Waals surface area (Å²) in [5.74, 6) is 0. The summed E-state index contributed by atoms with van der Waals surface area (Å²) in [6, 6.07) is 0. The number of hydrogen-bond acceptors (Lipinski definition) is 9. The molecule has 0 bridgehead atoms. The van der Waals surface area contributed by atoms with Crippen LogP contribution >= 0.6 is 0 Å². The maximum atomic E-state index is 13.1. The molecule has 0 aliphatic carbocycles. The molecule has 0 radical (unpaired) electrons. The fraction of sp³-hybridized carbons (Fsp3) is 0.875. The third-order valence-corrected chi connectivity index (χ3v) is 6.94. The molecule has 1 aromatic heterocycles. The van der Waals surface area contributed by atoms with Crippen molar-refractivity contribution in [2.24, 2.45) is 0 Å². The lowest BCUT2D eigenvalue weighted by atomic mass is 10.2. The first kappa shape index (κ1) is 27.2. The van der Waals surface area contributed by atoms with Gasteiger partial charge in [-0.05, 0) is 38.5 Å². The van der Waals surface area contributed by atoms with Gasteiger partial charge in [-0.25, -0.2) is 28.1 Å². The first-order valence-electron chi connectivity index (χ1n) is 13.7. The van der Waals surface area contributed by atoms with Crippen LogP contribution < -0.4 is 17.1 Å². The van der Waals surface area contributed by atoms with E-state index in [-0.39, 0.29) is 0 Å². The molecule has 0 spiro atoms. The van der Waals surface area contributed by atoms with E-state index in [4.69, 9.17) is 14.5 Å². The standard InChI is InChI=1S/C24H42N6O6/c31-22-28(16-10-4-1-7-13-25-19-34-25)23(32)30(18-12-6-3-9-15-27-21-36-27)24(33)29(22)17-11-5-2-8-14-26-20-35-26/h1-21H2. The monoisotopic (exact) mass is 510 g/mol. The van der Waals surface area contributed by atoms with Crippen LogP contribution in [0.2, 0.25) is 0 Å². The Hall–Kier alpha value is -1.83. The Morgan fingerprint density at radius 3 is 0.833 bits per heavy atom. The molecule has 3 saturated heterocycles. The third kappa shape index (κ3) is 9.24. The van der Waals surface area contributed by atoms with Crippen molar-refractivity contribution in [3.8, 4) is 0 Å². The second-order valence-corrected chi connectivity index (χ2v) is 9.94. The van der Waals surface area contributed by atoms with Gasteiger partial charge < -0.3 is 0 Å². The zero-order valence-corrected chi connectivity index (χ0v) is 21.5. The van der Waals surface area contributed by atoms with Gasteiger partial charge in [-0.2, -0.15) is 15.2 Å². The van der Waals surface area contributed by atoms with E-state index >= 15 is 0 Å². The lowest BCUT2D eigenvalue weighted by Gasteiger charge is -2.14. The van der Waals surface area contributed by atoms with E-state index in [0.717, 1.165) is 117 Å². The predicted molar refractivity (Wildman–Crippen MR) is 133 cm³/mol. The Bertz CT molecular complexity index is 825. The minimum atomic E-state index is -0.463. The van der Waals surface area contributed by atoms with Gasteiger partial charge in [0.2, 0.25) is 0 Å². The average Bonchev–Trinajstić information content (AvgIpc) is 3.71. The highest BCUT2D eigenvalue weighted by atomic mass is 16.8. The van der Waals surface area contributed by atoms with Crippen LogP contribution in [-0.2, 0) is 34.1 Å². The second-order valence-electron chi connectivity index (χ2n) is 9.94. The van der Waals surface area contributed by atoms with Gasteiger partial charge in [0.1, 0.15) is 20.2 Å². The largest absolute Gasteiger partial charge is 0.336 e. The van der Waals surface area contributed by atoms with Gasteiger partial charge in [-0.15, -0.1) is 0 Å². The SMILES string of the molecule is O=c1n(CCCCCCN2CO2)c(=O)n(CCCCCCN2CO2)c(=O)n1CCCCCCN1CO1. The van der Waals surface area contributed by atoms with Crippen LogP contribution in [0.1, 0.15) is 77.0 Å². The summed E-state index contributed by atoms with van der Waals surface area (Å²) in [7, 11) is 0. The quantitative estimate of drug-likeness (QED) is 0.179. The van der Waals surface area contributed by atoms with Crippen molar-refractivity contribution in [1.29, 1.82) is 0 Å². The summed E-state index contributed by atoms with van der Waals surface area (Å²) in [6.07, 6.45) is 11.2. The Morgan fingerprint density at radius 2 is 0.611 bits per heavy atom. The van der Waals surface area contributed by atoms with E-state index < -0.39 is 17.1 Å². The van der Waals surface area contributed by atoms with Gasteiger partial charge in [0.05, 0.1) is 0 Å². The highest BCUT2D eigenvalue weighted by Crippen LogP contribution is 2.11. The van der Waals surface area contributed by atoms with Crippen LogP contribution in [0.25, 0.3) is 0 Å². The molecule has 0 saturated carbocycles. The number of unbranched alkanes of at least 4 members (excludes halogenated alkanes) is 9. The van der Waals surface area contributed by atoms with E-state index in [1.165, 1.54) is 13.7 Å². The maximum Gasteiger partial charge on any atom is 0.336 e. The fourth-order valence-electron chi connectivity index (χ4n) is 4.50. The van der Waals surface area contributed by atoms with E-state index in [1.807, 2.05) is 15.2 Å². The van der Waals surface area contributed by atoms with E-state index in [9.17, 15) is 14.4 Å². The van der Waals surface area contributed by atoms with Crippen molar-refractivity contribution in [3.63, 3.8) is 0 Å². The highest BCUT2D eigenvalue weighted by Gasteiger charge is 2.19. The topological polar surface area (TPSA) is 113 Å². The van der Waals surface area contributed by atoms with Gasteiger partial charge in [-0.3, -0.25) is 14.5 Å². The molecule has 12 heteroatoms. The summed E-state index contributed by atoms with van der Waals surface area (Å²) in [5.41, 5.74) is -1.39. The second kappa shape index (κ2) is 14.2. The Kier molecular flexibility index (Phi) is 10.7. The smallest absolute Gasteiger partial charge is 0.279 e. The van der Waals surface area contributed by atoms with E-state index in [1.54, 1.807) is 0 Å². The molecule has 0 N–H and O–H groups in total. The van der Waals surface area contributed by atoms with Crippen LogP contribution in [0.15, 0.2) is 14.4 Å². The van der Waals surface area contributed by atoms with Crippen LogP contribution in [-0.4, -0.2) is 68.7 Å². The van der Waals surface area contributed by atoms with Gasteiger partial charge in [0.25, 0.3) is 0 Å². The van der Waals surface area contributed by atoms with Crippen molar-refractivity contribution in [2.45, 2.75) is 96.7 Å². The van der Waals surface area contributed by atoms with Crippen LogP contribution in [0.3, 0.4) is 0 Å². The Balaban J connectivity index is 1.31. The molecule has 12 nitrogen and oxygen atoms in total. The number of hydrogen-bond donors (Lipinski definition) is 0. The molecule has 3 aliphatic heterocycles. The molecular weight excluding hydrogens is 468 g/mol. The number of aromatic nitrogens is 3. The first-order chi connectivity index (χ1) is 17.6. The van der Waals surface area contributed by atoms with Gasteiger partial charge in [0.15, 0.2) is 0 Å². The summed E-state index contributed by atoms with van der Waals surface area (Å²) in [6.45, 7) is 5.98. The van der Waals surface area contributed by atoms with E-state index in [0.29, 0.717) is 19.6 Å². The van der Waals surface area contributed by atoms with Crippen molar-refractivity contribution in [3.05, 3.63) is 31.5 Å². The predicted octanol–water partition coefficient (Wildman–Crippen LogP) is 1.47. The first-order valence-corrected chi connectivity index (χ1v) is 13.7. The van der Waals surface area contributed by atoms with Crippen molar-refractivity contribution >= 4 is 0 Å². The molecule has 3 aliphatic rings. The molecule has 0 aromatic carbocycles. The van der Waals surface area contributed by atoms with Gasteiger partial charge in [0, 0.05) is 39.3 Å². The van der Waals surface area contributed by atoms with Crippen LogP contribution in [0.4, 0.5) is 0 Å². The van der Waals surface area contributed by atoms with Crippen LogP contribution in [0, 0.1) is 0 Å². The zero-order valence-electron chi connectivity index (χ0n) is 21.5. The summed E-state index contributed by atoms with van der Waals surface area (Å²) >= 11 is 0. The Morgan fingerprint density at radius 1 is 0.389 bits per heavy atom. The minimum absolute atomic E-state index is 0.351. The number of nitrogens with zero attached hydrogens (tertiary/aromatic N) is 6. The fourth-order valence-corrected chi connectivity index (χ4v) is 4.50. The maximum absolute atomic E-state index is 13.1. The third-order valence-electron chi connectivity index (χ3n) is 6.94. The Labute approximate surface area is 211 Å². The minimum Gasteiger partial charge on any atom is -0.279 e. The molecule has 1 aromatic rings. The zero-order chi connectivity index (χ0) is 25.2. The average molecular weight is 511 g/mol. The summed E-state index contributed by atoms with van der Waals surface area (Å²) < 4.78 is 3.85. The lowest BCUT2D eigenvalue weighted by Crippen LogP contribution is -2.54. The molecule has 204 valence electrons. The van der Waals surface area contributed by atoms with E-state index in [2.05, 4.69) is 0 Å². The van der Waals surface area contributed by atoms with Crippen molar-refractivity contribution in [1.82, 2.24) is 28.9 Å². The van der Waals surface area contributed by atoms with Gasteiger partial charge >= 0.3 is 17.1 Å².